The lowest BCUT2D eigenvalue weighted by Crippen LogP contribution is -2.41. The Hall–Kier alpha value is -1.26. The van der Waals surface area contributed by atoms with Crippen LogP contribution in [0.3, 0.4) is 0 Å². The minimum atomic E-state index is -1.02. The summed E-state index contributed by atoms with van der Waals surface area (Å²) < 4.78 is 4.85. The summed E-state index contributed by atoms with van der Waals surface area (Å²) in [6, 6.07) is -0.848. The van der Waals surface area contributed by atoms with Crippen molar-refractivity contribution in [2.45, 2.75) is 46.1 Å². The van der Waals surface area contributed by atoms with E-state index in [1.54, 1.807) is 0 Å². The minimum absolute atomic E-state index is 0.240. The highest BCUT2D eigenvalue weighted by Crippen LogP contribution is 2.02. The number of ether oxygens (including phenoxy) is 1. The molecule has 0 saturated carbocycles. The van der Waals surface area contributed by atoms with Gasteiger partial charge in [0.1, 0.15) is 6.04 Å². The predicted octanol–water partition coefficient (Wildman–Crippen LogP) is 2.01. The molecule has 16 heavy (non-hydrogen) atoms. The van der Waals surface area contributed by atoms with E-state index in [2.05, 4.69) is 5.32 Å². The van der Waals surface area contributed by atoms with E-state index in [0.717, 1.165) is 12.8 Å². The van der Waals surface area contributed by atoms with Gasteiger partial charge in [-0.2, -0.15) is 0 Å². The third-order valence-corrected chi connectivity index (χ3v) is 1.98. The van der Waals surface area contributed by atoms with E-state index >= 15 is 0 Å². The summed E-state index contributed by atoms with van der Waals surface area (Å²) in [5.41, 5.74) is 0. The topological polar surface area (TPSA) is 75.6 Å². The summed E-state index contributed by atoms with van der Waals surface area (Å²) in [5, 5.41) is 11.2. The molecule has 0 aromatic heterocycles. The van der Waals surface area contributed by atoms with Gasteiger partial charge in [-0.3, -0.25) is 0 Å². The number of carbonyl (C=O) groups excluding carboxylic acids is 1. The molecule has 0 saturated heterocycles. The van der Waals surface area contributed by atoms with Gasteiger partial charge >= 0.3 is 12.1 Å². The van der Waals surface area contributed by atoms with Crippen molar-refractivity contribution in [2.24, 2.45) is 5.92 Å². The molecule has 0 heterocycles. The van der Waals surface area contributed by atoms with Crippen LogP contribution in [-0.2, 0) is 9.53 Å². The Morgan fingerprint density at radius 1 is 1.38 bits per heavy atom. The number of unbranched alkanes of at least 4 members (excludes halogenated alkanes) is 1. The Labute approximate surface area is 96.2 Å². The lowest BCUT2D eigenvalue weighted by molar-refractivity contribution is -0.139. The van der Waals surface area contributed by atoms with Crippen molar-refractivity contribution < 1.29 is 19.4 Å². The van der Waals surface area contributed by atoms with E-state index in [0.29, 0.717) is 13.0 Å². The van der Waals surface area contributed by atoms with Crippen molar-refractivity contribution in [1.29, 1.82) is 0 Å². The zero-order valence-corrected chi connectivity index (χ0v) is 10.2. The summed E-state index contributed by atoms with van der Waals surface area (Å²) in [6.07, 6.45) is 1.44. The number of amides is 1. The lowest BCUT2D eigenvalue weighted by atomic mass is 10.1. The average Bonchev–Trinajstić information content (AvgIpc) is 2.20. The largest absolute Gasteiger partial charge is 0.480 e. The molecule has 2 N–H and O–H groups in total. The summed E-state index contributed by atoms with van der Waals surface area (Å²) in [4.78, 5) is 22.0. The second-order valence-electron chi connectivity index (χ2n) is 4.17. The van der Waals surface area contributed by atoms with Crippen LogP contribution in [0.25, 0.3) is 0 Å². The maximum absolute atomic E-state index is 11.2. The van der Waals surface area contributed by atoms with Gasteiger partial charge in [0.25, 0.3) is 0 Å². The van der Waals surface area contributed by atoms with Gasteiger partial charge in [-0.05, 0) is 12.3 Å². The summed E-state index contributed by atoms with van der Waals surface area (Å²) in [6.45, 7) is 6.10. The second kappa shape index (κ2) is 7.96. The summed E-state index contributed by atoms with van der Waals surface area (Å²) in [7, 11) is 0. The Kier molecular flexibility index (Phi) is 7.33. The molecule has 0 radical (unpaired) electrons. The van der Waals surface area contributed by atoms with E-state index in [9.17, 15) is 9.59 Å². The molecule has 5 heteroatoms. The number of carbonyl (C=O) groups is 2. The number of rotatable bonds is 7. The smallest absolute Gasteiger partial charge is 0.407 e. The quantitative estimate of drug-likeness (QED) is 0.702. The second-order valence-corrected chi connectivity index (χ2v) is 4.17. The van der Waals surface area contributed by atoms with Crippen molar-refractivity contribution >= 4 is 12.1 Å². The molecule has 1 amide bonds. The number of carboxylic acid groups (broad SMARTS) is 1. The van der Waals surface area contributed by atoms with Gasteiger partial charge in [0.15, 0.2) is 0 Å². The van der Waals surface area contributed by atoms with Crippen LogP contribution in [0.1, 0.15) is 40.0 Å². The van der Waals surface area contributed by atoms with Crippen LogP contribution in [0.5, 0.6) is 0 Å². The third-order valence-electron chi connectivity index (χ3n) is 1.98. The Bertz CT molecular complexity index is 228. The highest BCUT2D eigenvalue weighted by molar-refractivity contribution is 5.79. The molecule has 94 valence electrons. The van der Waals surface area contributed by atoms with E-state index < -0.39 is 18.1 Å². The zero-order valence-electron chi connectivity index (χ0n) is 10.2. The van der Waals surface area contributed by atoms with Gasteiger partial charge in [-0.15, -0.1) is 0 Å². The minimum Gasteiger partial charge on any atom is -0.480 e. The number of nitrogens with one attached hydrogen (secondary N) is 1. The SMILES string of the molecule is CCCC[C@H](NC(=O)OCC(C)C)C(=O)O. The van der Waals surface area contributed by atoms with Gasteiger partial charge in [-0.1, -0.05) is 33.6 Å². The first-order valence-corrected chi connectivity index (χ1v) is 5.63. The van der Waals surface area contributed by atoms with Crippen molar-refractivity contribution in [2.75, 3.05) is 6.61 Å². The van der Waals surface area contributed by atoms with Gasteiger partial charge in [0, 0.05) is 0 Å². The van der Waals surface area contributed by atoms with E-state index in [1.165, 1.54) is 0 Å². The number of hydrogen-bond acceptors (Lipinski definition) is 3. The molecule has 0 bridgehead atoms. The van der Waals surface area contributed by atoms with E-state index in [1.807, 2.05) is 20.8 Å². The molecular weight excluding hydrogens is 210 g/mol. The molecule has 0 aliphatic heterocycles. The molecule has 5 nitrogen and oxygen atoms in total. The molecule has 0 rings (SSSR count). The monoisotopic (exact) mass is 231 g/mol. The fourth-order valence-corrected chi connectivity index (χ4v) is 1.09. The first-order valence-electron chi connectivity index (χ1n) is 5.63. The van der Waals surface area contributed by atoms with Crippen LogP contribution in [0.15, 0.2) is 0 Å². The molecule has 0 aromatic rings. The molecule has 0 aromatic carbocycles. The first-order chi connectivity index (χ1) is 7.47. The Morgan fingerprint density at radius 3 is 2.44 bits per heavy atom. The Balaban J connectivity index is 3.98. The van der Waals surface area contributed by atoms with Crippen LogP contribution in [0.2, 0.25) is 0 Å². The fourth-order valence-electron chi connectivity index (χ4n) is 1.09. The maximum atomic E-state index is 11.2. The number of aliphatic carboxylic acids is 1. The van der Waals surface area contributed by atoms with Gasteiger partial charge < -0.3 is 15.2 Å². The normalized spacial score (nSPS) is 12.2. The lowest BCUT2D eigenvalue weighted by Gasteiger charge is -2.14. The van der Waals surface area contributed by atoms with Gasteiger partial charge in [0.2, 0.25) is 0 Å². The molecule has 0 unspecified atom stereocenters. The molecule has 1 atom stereocenters. The average molecular weight is 231 g/mol. The maximum Gasteiger partial charge on any atom is 0.407 e. The van der Waals surface area contributed by atoms with Crippen molar-refractivity contribution in [3.05, 3.63) is 0 Å². The molecular formula is C11H21NO4. The van der Waals surface area contributed by atoms with Crippen LogP contribution in [0.4, 0.5) is 4.79 Å². The van der Waals surface area contributed by atoms with Crippen molar-refractivity contribution in [3.63, 3.8) is 0 Å². The van der Waals surface area contributed by atoms with Crippen LogP contribution < -0.4 is 5.32 Å². The summed E-state index contributed by atoms with van der Waals surface area (Å²) >= 11 is 0. The van der Waals surface area contributed by atoms with E-state index in [-0.39, 0.29) is 5.92 Å². The third kappa shape index (κ3) is 7.09. The van der Waals surface area contributed by atoms with Crippen LogP contribution in [-0.4, -0.2) is 29.8 Å². The van der Waals surface area contributed by atoms with Crippen LogP contribution in [0, 0.1) is 5.92 Å². The van der Waals surface area contributed by atoms with Crippen molar-refractivity contribution in [3.8, 4) is 0 Å². The highest BCUT2D eigenvalue weighted by Gasteiger charge is 2.19. The molecule has 0 aliphatic carbocycles. The predicted molar refractivity (Wildman–Crippen MR) is 60.3 cm³/mol. The number of carboxylic acids is 1. The highest BCUT2D eigenvalue weighted by atomic mass is 16.5. The number of hydrogen-bond donors (Lipinski definition) is 2. The molecule has 0 aliphatic rings. The standard InChI is InChI=1S/C11H21NO4/c1-4-5-6-9(10(13)14)12-11(15)16-7-8(2)3/h8-9H,4-7H2,1-3H3,(H,12,15)(H,13,14)/t9-/m0/s1. The van der Waals surface area contributed by atoms with Gasteiger partial charge in [0.05, 0.1) is 6.61 Å². The van der Waals surface area contributed by atoms with Crippen molar-refractivity contribution in [1.82, 2.24) is 5.32 Å². The molecule has 0 fully saturated rings. The van der Waals surface area contributed by atoms with E-state index in [4.69, 9.17) is 9.84 Å². The zero-order chi connectivity index (χ0) is 12.6. The Morgan fingerprint density at radius 2 is 2.00 bits per heavy atom. The van der Waals surface area contributed by atoms with Gasteiger partial charge in [-0.25, -0.2) is 9.59 Å². The molecule has 0 spiro atoms. The first kappa shape index (κ1) is 14.7. The van der Waals surface area contributed by atoms with Crippen LogP contribution >= 0.6 is 0 Å². The summed E-state index contributed by atoms with van der Waals surface area (Å²) in [5.74, 6) is -0.778. The fraction of sp³-hybridized carbons (Fsp3) is 0.818. The number of alkyl carbamates (subject to hydrolysis) is 1.